The van der Waals surface area contributed by atoms with E-state index in [0.29, 0.717) is 35.1 Å². The van der Waals surface area contributed by atoms with Gasteiger partial charge in [-0.2, -0.15) is 0 Å². The maximum atomic E-state index is 13.3. The van der Waals surface area contributed by atoms with Gasteiger partial charge in [0.15, 0.2) is 6.61 Å². The number of hydrogen-bond acceptors (Lipinski definition) is 5. The van der Waals surface area contributed by atoms with Crippen molar-refractivity contribution < 1.29 is 28.9 Å². The van der Waals surface area contributed by atoms with Crippen LogP contribution in [0.1, 0.15) is 28.3 Å². The van der Waals surface area contributed by atoms with E-state index >= 15 is 0 Å². The number of benzene rings is 3. The Kier molecular flexibility index (Phi) is 7.23. The maximum absolute atomic E-state index is 13.3. The zero-order valence-corrected chi connectivity index (χ0v) is 19.3. The Bertz CT molecular complexity index is 1200. The number of carbonyl (C=O) groups excluding carboxylic acids is 1. The number of methoxy groups -OCH3 is 1. The first-order chi connectivity index (χ1) is 16.5. The molecule has 176 valence electrons. The van der Waals surface area contributed by atoms with E-state index in [1.54, 1.807) is 30.2 Å². The van der Waals surface area contributed by atoms with E-state index in [1.807, 2.05) is 48.5 Å². The van der Waals surface area contributed by atoms with Crippen LogP contribution in [0.15, 0.2) is 66.7 Å². The number of aliphatic carboxylic acids is 1. The lowest BCUT2D eigenvalue weighted by molar-refractivity contribution is -0.139. The van der Waals surface area contributed by atoms with E-state index < -0.39 is 24.7 Å². The molecule has 1 N–H and O–H groups in total. The monoisotopic (exact) mass is 481 g/mol. The van der Waals surface area contributed by atoms with Gasteiger partial charge in [-0.25, -0.2) is 9.59 Å². The topological polar surface area (TPSA) is 85.3 Å². The molecule has 1 heterocycles. The third-order valence-corrected chi connectivity index (χ3v) is 5.87. The minimum Gasteiger partial charge on any atom is -0.497 e. The number of amides is 1. The van der Waals surface area contributed by atoms with Gasteiger partial charge in [-0.1, -0.05) is 48.0 Å². The Labute approximate surface area is 202 Å². The molecule has 0 radical (unpaired) electrons. The van der Waals surface area contributed by atoms with Crippen LogP contribution in [0.3, 0.4) is 0 Å². The average Bonchev–Trinajstić information content (AvgIpc) is 2.85. The van der Waals surface area contributed by atoms with Crippen molar-refractivity contribution in [2.45, 2.75) is 19.1 Å². The zero-order valence-electron chi connectivity index (χ0n) is 18.6. The number of carbonyl (C=O) groups is 2. The zero-order chi connectivity index (χ0) is 24.1. The predicted molar refractivity (Wildman–Crippen MR) is 126 cm³/mol. The number of nitrogens with zero attached hydrogens (tertiary/aromatic N) is 1. The average molecular weight is 482 g/mol. The Balaban J connectivity index is 1.67. The second-order valence-corrected chi connectivity index (χ2v) is 8.25. The molecule has 0 fully saturated rings. The van der Waals surface area contributed by atoms with Crippen LogP contribution >= 0.6 is 11.6 Å². The molecule has 1 unspecified atom stereocenters. The van der Waals surface area contributed by atoms with Gasteiger partial charge in [0.25, 0.3) is 0 Å². The van der Waals surface area contributed by atoms with Crippen LogP contribution < -0.4 is 9.47 Å². The van der Waals surface area contributed by atoms with Crippen molar-refractivity contribution in [2.24, 2.45) is 0 Å². The molecule has 0 saturated carbocycles. The first-order valence-electron chi connectivity index (χ1n) is 10.7. The molecule has 0 aliphatic carbocycles. The third kappa shape index (κ3) is 5.26. The molecule has 1 aliphatic rings. The minimum absolute atomic E-state index is 0.0822. The quantitative estimate of drug-likeness (QED) is 0.505. The molecule has 1 aliphatic heterocycles. The van der Waals surface area contributed by atoms with Gasteiger partial charge in [-0.3, -0.25) is 4.90 Å². The van der Waals surface area contributed by atoms with Gasteiger partial charge in [0, 0.05) is 17.1 Å². The summed E-state index contributed by atoms with van der Waals surface area (Å²) in [5.74, 6) is -0.0731. The summed E-state index contributed by atoms with van der Waals surface area (Å²) >= 11 is 6.30. The fourth-order valence-electron chi connectivity index (χ4n) is 4.09. The molecule has 4 rings (SSSR count). The molecule has 8 heteroatoms. The molecule has 1 amide bonds. The number of hydrogen-bond donors (Lipinski definition) is 1. The number of carboxylic acids is 1. The number of carboxylic acid groups (broad SMARTS) is 1. The summed E-state index contributed by atoms with van der Waals surface area (Å²) in [5, 5.41) is 9.55. The first kappa shape index (κ1) is 23.4. The largest absolute Gasteiger partial charge is 0.497 e. The Morgan fingerprint density at radius 2 is 1.88 bits per heavy atom. The summed E-state index contributed by atoms with van der Waals surface area (Å²) in [6.45, 7) is -0.00832. The summed E-state index contributed by atoms with van der Waals surface area (Å²) in [7, 11) is 1.58. The highest BCUT2D eigenvalue weighted by Gasteiger charge is 2.35. The van der Waals surface area contributed by atoms with E-state index in [-0.39, 0.29) is 6.61 Å². The molecule has 0 saturated heterocycles. The number of halogens is 1. The highest BCUT2D eigenvalue weighted by atomic mass is 35.5. The van der Waals surface area contributed by atoms with Crippen LogP contribution in [-0.2, 0) is 22.6 Å². The molecular formula is C26H24ClNO6. The van der Waals surface area contributed by atoms with Gasteiger partial charge in [0.2, 0.25) is 0 Å². The van der Waals surface area contributed by atoms with Crippen LogP contribution in [0.2, 0.25) is 5.02 Å². The van der Waals surface area contributed by atoms with Crippen LogP contribution in [0.5, 0.6) is 11.5 Å². The van der Waals surface area contributed by atoms with Crippen LogP contribution in [0.25, 0.3) is 0 Å². The lowest BCUT2D eigenvalue weighted by Crippen LogP contribution is -2.41. The van der Waals surface area contributed by atoms with E-state index in [1.165, 1.54) is 0 Å². The predicted octanol–water partition coefficient (Wildman–Crippen LogP) is 5.10. The lowest BCUT2D eigenvalue weighted by Gasteiger charge is -2.37. The summed E-state index contributed by atoms with van der Waals surface area (Å²) in [6, 6.07) is 19.5. The lowest BCUT2D eigenvalue weighted by atomic mass is 9.88. The fraction of sp³-hybridized carbons (Fsp3) is 0.231. The number of ether oxygens (including phenoxy) is 3. The number of rotatable bonds is 7. The number of fused-ring (bicyclic) bond motifs is 1. The van der Waals surface area contributed by atoms with Crippen molar-refractivity contribution in [3.05, 3.63) is 94.0 Å². The molecule has 1 atom stereocenters. The summed E-state index contributed by atoms with van der Waals surface area (Å²) in [5.41, 5.74) is 3.40. The van der Waals surface area contributed by atoms with Crippen LogP contribution in [0, 0.1) is 0 Å². The molecule has 3 aromatic rings. The SMILES string of the molecule is COc1cccc(COC(=O)N2CCc3ccccc3C2c2cc(Cl)ccc2OCC(=O)O)c1. The van der Waals surface area contributed by atoms with Gasteiger partial charge in [0.05, 0.1) is 13.2 Å². The van der Waals surface area contributed by atoms with Gasteiger partial charge >= 0.3 is 12.1 Å². The fourth-order valence-corrected chi connectivity index (χ4v) is 4.27. The second-order valence-electron chi connectivity index (χ2n) is 7.82. The summed E-state index contributed by atoms with van der Waals surface area (Å²) < 4.78 is 16.5. The maximum Gasteiger partial charge on any atom is 0.410 e. The van der Waals surface area contributed by atoms with Gasteiger partial charge < -0.3 is 19.3 Å². The van der Waals surface area contributed by atoms with Crippen molar-refractivity contribution in [2.75, 3.05) is 20.3 Å². The van der Waals surface area contributed by atoms with E-state index in [0.717, 1.165) is 16.7 Å². The summed E-state index contributed by atoms with van der Waals surface area (Å²) in [6.07, 6.45) is 0.166. The Morgan fingerprint density at radius 3 is 2.68 bits per heavy atom. The normalized spacial score (nSPS) is 14.8. The minimum atomic E-state index is -1.10. The highest BCUT2D eigenvalue weighted by molar-refractivity contribution is 6.30. The van der Waals surface area contributed by atoms with Crippen molar-refractivity contribution in [3.63, 3.8) is 0 Å². The molecule has 0 bridgehead atoms. The van der Waals surface area contributed by atoms with Gasteiger partial charge in [-0.05, 0) is 53.4 Å². The second kappa shape index (κ2) is 10.5. The molecule has 0 spiro atoms. The third-order valence-electron chi connectivity index (χ3n) is 5.63. The highest BCUT2D eigenvalue weighted by Crippen LogP contribution is 2.40. The van der Waals surface area contributed by atoms with E-state index in [2.05, 4.69) is 0 Å². The molecule has 0 aromatic heterocycles. The first-order valence-corrected chi connectivity index (χ1v) is 11.1. The summed E-state index contributed by atoms with van der Waals surface area (Å²) in [4.78, 5) is 26.0. The molecule has 34 heavy (non-hydrogen) atoms. The van der Waals surface area contributed by atoms with Crippen LogP contribution in [0.4, 0.5) is 4.79 Å². The van der Waals surface area contributed by atoms with E-state index in [9.17, 15) is 9.59 Å². The Morgan fingerprint density at radius 1 is 1.06 bits per heavy atom. The molecule has 3 aromatic carbocycles. The van der Waals surface area contributed by atoms with Crippen LogP contribution in [-0.4, -0.2) is 42.3 Å². The Hall–Kier alpha value is -3.71. The standard InChI is InChI=1S/C26H24ClNO6/c1-32-20-7-4-5-17(13-20)15-34-26(31)28-12-11-18-6-2-3-8-21(18)25(28)22-14-19(27)9-10-23(22)33-16-24(29)30/h2-10,13-14,25H,11-12,15-16H2,1H3,(H,29,30). The van der Waals surface area contributed by atoms with Crippen molar-refractivity contribution in [3.8, 4) is 11.5 Å². The molecule has 7 nitrogen and oxygen atoms in total. The van der Waals surface area contributed by atoms with E-state index in [4.69, 9.17) is 30.9 Å². The molecular weight excluding hydrogens is 458 g/mol. The van der Waals surface area contributed by atoms with Gasteiger partial charge in [0.1, 0.15) is 18.1 Å². The smallest absolute Gasteiger partial charge is 0.410 e. The van der Waals surface area contributed by atoms with Gasteiger partial charge in [-0.15, -0.1) is 0 Å². The van der Waals surface area contributed by atoms with Crippen molar-refractivity contribution >= 4 is 23.7 Å². The van der Waals surface area contributed by atoms with Crippen molar-refractivity contribution in [1.29, 1.82) is 0 Å². The van der Waals surface area contributed by atoms with Crippen molar-refractivity contribution in [1.82, 2.24) is 4.90 Å².